The van der Waals surface area contributed by atoms with Gasteiger partial charge in [-0.25, -0.2) is 0 Å². The summed E-state index contributed by atoms with van der Waals surface area (Å²) in [6, 6.07) is 1.16. The minimum atomic E-state index is -1.31. The molecule has 0 aromatic carbocycles. The summed E-state index contributed by atoms with van der Waals surface area (Å²) in [5, 5.41) is 0. The highest BCUT2D eigenvalue weighted by molar-refractivity contribution is 6.44. The summed E-state index contributed by atoms with van der Waals surface area (Å²) in [7, 11) is 7.11. The highest BCUT2D eigenvalue weighted by Crippen LogP contribution is 2.14. The zero-order chi connectivity index (χ0) is 20.9. The van der Waals surface area contributed by atoms with Gasteiger partial charge in [0, 0.05) is 14.2 Å². The molecular formula is C24H54NO2Si+. The minimum Gasteiger partial charge on any atom is -0.400 e. The maximum absolute atomic E-state index is 5.37. The molecule has 0 atom stereocenters. The van der Waals surface area contributed by atoms with Crippen LogP contribution in [0.15, 0.2) is 0 Å². The molecule has 0 spiro atoms. The molecule has 0 aliphatic heterocycles. The van der Waals surface area contributed by atoms with Gasteiger partial charge >= 0.3 is 9.28 Å². The predicted octanol–water partition coefficient (Wildman–Crippen LogP) is 6.84. The normalized spacial score (nSPS) is 12.2. The van der Waals surface area contributed by atoms with Gasteiger partial charge in [-0.1, -0.05) is 84.0 Å². The van der Waals surface area contributed by atoms with Crippen LogP contribution in [-0.4, -0.2) is 55.2 Å². The second-order valence-electron chi connectivity index (χ2n) is 9.38. The Labute approximate surface area is 180 Å². The quantitative estimate of drug-likeness (QED) is 0.109. The van der Waals surface area contributed by atoms with Crippen molar-refractivity contribution >= 4 is 9.28 Å². The van der Waals surface area contributed by atoms with Crippen LogP contribution in [0.2, 0.25) is 6.04 Å². The zero-order valence-electron chi connectivity index (χ0n) is 20.3. The lowest BCUT2D eigenvalue weighted by molar-refractivity contribution is -0.890. The van der Waals surface area contributed by atoms with Crippen LogP contribution in [-0.2, 0) is 8.85 Å². The van der Waals surface area contributed by atoms with Gasteiger partial charge < -0.3 is 13.3 Å². The lowest BCUT2D eigenvalue weighted by Gasteiger charge is -2.30. The van der Waals surface area contributed by atoms with E-state index in [0.717, 1.165) is 6.04 Å². The van der Waals surface area contributed by atoms with Gasteiger partial charge in [0.15, 0.2) is 0 Å². The molecule has 0 fully saturated rings. The van der Waals surface area contributed by atoms with E-state index in [1.807, 2.05) is 0 Å². The highest BCUT2D eigenvalue weighted by atomic mass is 28.3. The molecular weight excluding hydrogens is 362 g/mol. The van der Waals surface area contributed by atoms with Gasteiger partial charge in [-0.05, 0) is 31.7 Å². The third-order valence-corrected chi connectivity index (χ3v) is 8.03. The average molecular weight is 417 g/mol. The summed E-state index contributed by atoms with van der Waals surface area (Å²) in [4.78, 5) is 0. The maximum Gasteiger partial charge on any atom is 0.320 e. The van der Waals surface area contributed by atoms with Crippen molar-refractivity contribution in [2.24, 2.45) is 0 Å². The molecule has 3 nitrogen and oxygen atoms in total. The van der Waals surface area contributed by atoms with E-state index in [1.165, 1.54) is 120 Å². The first kappa shape index (κ1) is 28.1. The number of nitrogens with zero attached hydrogens (tertiary/aromatic N) is 1. The van der Waals surface area contributed by atoms with Crippen molar-refractivity contribution in [3.05, 3.63) is 0 Å². The van der Waals surface area contributed by atoms with Crippen molar-refractivity contribution in [1.82, 2.24) is 0 Å². The third-order valence-electron chi connectivity index (χ3n) is 6.10. The Morgan fingerprint density at radius 2 is 0.893 bits per heavy atom. The van der Waals surface area contributed by atoms with Crippen LogP contribution < -0.4 is 0 Å². The molecule has 0 N–H and O–H groups in total. The lowest BCUT2D eigenvalue weighted by atomic mass is 10.1. The second-order valence-corrected chi connectivity index (χ2v) is 11.8. The van der Waals surface area contributed by atoms with E-state index in [9.17, 15) is 0 Å². The summed E-state index contributed by atoms with van der Waals surface area (Å²) < 4.78 is 12.0. The molecule has 0 unspecified atom stereocenters. The SMILES string of the molecule is CCCCCCCCCCCC[N+](C)(C)CCCCCCCC[SiH](OC)OC. The standard InChI is InChI=1S/C24H54NO2Si/c1-6-7-8-9-10-11-12-13-16-19-22-25(2,3)23-20-17-14-15-18-21-24-28(26-4)27-5/h28H,6-24H2,1-5H3/q+1. The van der Waals surface area contributed by atoms with Crippen LogP contribution in [0, 0.1) is 0 Å². The first-order valence-electron chi connectivity index (χ1n) is 12.4. The third kappa shape index (κ3) is 19.4. The fourth-order valence-corrected chi connectivity index (χ4v) is 5.31. The van der Waals surface area contributed by atoms with Crippen LogP contribution in [0.4, 0.5) is 0 Å². The molecule has 4 heteroatoms. The van der Waals surface area contributed by atoms with E-state index in [1.54, 1.807) is 14.2 Å². The zero-order valence-corrected chi connectivity index (χ0v) is 21.4. The first-order valence-corrected chi connectivity index (χ1v) is 14.2. The fourth-order valence-electron chi connectivity index (χ4n) is 4.03. The van der Waals surface area contributed by atoms with Crippen molar-refractivity contribution in [3.63, 3.8) is 0 Å². The van der Waals surface area contributed by atoms with Crippen LogP contribution in [0.25, 0.3) is 0 Å². The van der Waals surface area contributed by atoms with Crippen LogP contribution in [0.3, 0.4) is 0 Å². The van der Waals surface area contributed by atoms with Crippen molar-refractivity contribution in [2.75, 3.05) is 41.4 Å². The molecule has 0 saturated heterocycles. The molecule has 0 bridgehead atoms. The van der Waals surface area contributed by atoms with E-state index in [4.69, 9.17) is 8.85 Å². The molecule has 0 radical (unpaired) electrons. The van der Waals surface area contributed by atoms with Crippen molar-refractivity contribution in [2.45, 2.75) is 116 Å². The van der Waals surface area contributed by atoms with Gasteiger partial charge in [0.25, 0.3) is 0 Å². The van der Waals surface area contributed by atoms with E-state index in [2.05, 4.69) is 21.0 Å². The first-order chi connectivity index (χ1) is 13.6. The molecule has 0 heterocycles. The molecule has 0 aliphatic rings. The number of quaternary nitrogens is 1. The largest absolute Gasteiger partial charge is 0.400 e. The molecule has 0 aliphatic carbocycles. The van der Waals surface area contributed by atoms with E-state index in [-0.39, 0.29) is 0 Å². The Morgan fingerprint density at radius 3 is 1.29 bits per heavy atom. The van der Waals surface area contributed by atoms with Crippen molar-refractivity contribution in [3.8, 4) is 0 Å². The topological polar surface area (TPSA) is 18.5 Å². The lowest BCUT2D eigenvalue weighted by Crippen LogP contribution is -2.41. The van der Waals surface area contributed by atoms with Crippen molar-refractivity contribution in [1.29, 1.82) is 0 Å². The molecule has 0 saturated carbocycles. The molecule has 0 rings (SSSR count). The van der Waals surface area contributed by atoms with Crippen LogP contribution in [0.1, 0.15) is 110 Å². The van der Waals surface area contributed by atoms with Gasteiger partial charge in [0.1, 0.15) is 0 Å². The van der Waals surface area contributed by atoms with Gasteiger partial charge in [0.2, 0.25) is 0 Å². The van der Waals surface area contributed by atoms with E-state index in [0.29, 0.717) is 0 Å². The smallest absolute Gasteiger partial charge is 0.320 e. The Morgan fingerprint density at radius 1 is 0.536 bits per heavy atom. The minimum absolute atomic E-state index is 1.16. The molecule has 0 amide bonds. The van der Waals surface area contributed by atoms with Gasteiger partial charge in [0.05, 0.1) is 27.2 Å². The van der Waals surface area contributed by atoms with E-state index >= 15 is 0 Å². The van der Waals surface area contributed by atoms with Crippen LogP contribution in [0.5, 0.6) is 0 Å². The number of unbranched alkanes of at least 4 members (excludes halogenated alkanes) is 14. The number of hydrogen-bond acceptors (Lipinski definition) is 2. The monoisotopic (exact) mass is 416 g/mol. The Hall–Kier alpha value is 0.0969. The molecule has 28 heavy (non-hydrogen) atoms. The Bertz CT molecular complexity index is 309. The summed E-state index contributed by atoms with van der Waals surface area (Å²) in [5.41, 5.74) is 0. The summed E-state index contributed by atoms with van der Waals surface area (Å²) in [6.07, 6.45) is 22.5. The highest BCUT2D eigenvalue weighted by Gasteiger charge is 2.13. The maximum atomic E-state index is 5.37. The molecule has 0 aromatic heterocycles. The number of rotatable bonds is 22. The predicted molar refractivity (Wildman–Crippen MR) is 127 cm³/mol. The second kappa shape index (κ2) is 20.4. The number of hydrogen-bond donors (Lipinski definition) is 0. The average Bonchev–Trinajstić information content (AvgIpc) is 2.68. The summed E-state index contributed by atoms with van der Waals surface area (Å²) in [5.74, 6) is 0. The summed E-state index contributed by atoms with van der Waals surface area (Å²) >= 11 is 0. The van der Waals surface area contributed by atoms with Gasteiger partial charge in [-0.15, -0.1) is 0 Å². The Balaban J connectivity index is 3.39. The molecule has 0 aromatic rings. The fraction of sp³-hybridized carbons (Fsp3) is 1.00. The van der Waals surface area contributed by atoms with Gasteiger partial charge in [-0.3, -0.25) is 0 Å². The summed E-state index contributed by atoms with van der Waals surface area (Å²) in [6.45, 7) is 5.00. The van der Waals surface area contributed by atoms with Gasteiger partial charge in [-0.2, -0.15) is 0 Å². The van der Waals surface area contributed by atoms with E-state index < -0.39 is 9.28 Å². The van der Waals surface area contributed by atoms with Crippen molar-refractivity contribution < 1.29 is 13.3 Å². The van der Waals surface area contributed by atoms with Crippen LogP contribution >= 0.6 is 0 Å². The Kier molecular flexibility index (Phi) is 20.4. The molecule has 170 valence electrons.